The van der Waals surface area contributed by atoms with Crippen molar-refractivity contribution in [2.75, 3.05) is 13.1 Å². The Morgan fingerprint density at radius 2 is 2.04 bits per heavy atom. The number of aryl methyl sites for hydroxylation is 1. The van der Waals surface area contributed by atoms with Crippen LogP contribution in [-0.2, 0) is 18.4 Å². The van der Waals surface area contributed by atoms with Crippen molar-refractivity contribution in [1.82, 2.24) is 14.8 Å². The van der Waals surface area contributed by atoms with Crippen molar-refractivity contribution in [3.8, 4) is 0 Å². The van der Waals surface area contributed by atoms with Gasteiger partial charge in [-0.3, -0.25) is 9.59 Å². The van der Waals surface area contributed by atoms with Gasteiger partial charge in [0.15, 0.2) is 0 Å². The fourth-order valence-electron chi connectivity index (χ4n) is 4.11. The summed E-state index contributed by atoms with van der Waals surface area (Å²) in [5.74, 6) is 0.156. The van der Waals surface area contributed by atoms with Gasteiger partial charge < -0.3 is 14.8 Å². The minimum Gasteiger partial charge on any atom is -0.335 e. The van der Waals surface area contributed by atoms with Gasteiger partial charge >= 0.3 is 0 Å². The second-order valence-corrected chi connectivity index (χ2v) is 8.76. The maximum atomic E-state index is 13.6. The molecule has 148 valence electrons. The van der Waals surface area contributed by atoms with E-state index >= 15 is 0 Å². The fraction of sp³-hybridized carbons (Fsp3) is 0.455. The molecule has 5 nitrogen and oxygen atoms in total. The number of nitrogens with one attached hydrogen (secondary N) is 1. The smallest absolute Gasteiger partial charge is 0.250 e. The van der Waals surface area contributed by atoms with Gasteiger partial charge in [-0.2, -0.15) is 0 Å². The van der Waals surface area contributed by atoms with E-state index in [9.17, 15) is 9.59 Å². The lowest BCUT2D eigenvalue weighted by Crippen LogP contribution is -2.47. The maximum Gasteiger partial charge on any atom is 0.250 e. The van der Waals surface area contributed by atoms with Gasteiger partial charge in [-0.05, 0) is 55.0 Å². The summed E-state index contributed by atoms with van der Waals surface area (Å²) in [5, 5.41) is 3.39. The van der Waals surface area contributed by atoms with E-state index in [4.69, 9.17) is 0 Å². The van der Waals surface area contributed by atoms with Crippen molar-refractivity contribution >= 4 is 21.8 Å². The highest BCUT2D eigenvalue weighted by molar-refractivity contribution is 9.10. The van der Waals surface area contributed by atoms with Crippen LogP contribution in [-0.4, -0.2) is 34.5 Å². The molecular weight excluding hydrogens is 418 g/mol. The molecule has 0 radical (unpaired) electrons. The van der Waals surface area contributed by atoms with E-state index in [1.807, 2.05) is 24.3 Å². The zero-order valence-corrected chi connectivity index (χ0v) is 17.7. The molecule has 2 atom stereocenters. The summed E-state index contributed by atoms with van der Waals surface area (Å²) in [4.78, 5) is 27.8. The number of carbonyl (C=O) groups is 1. The topological polar surface area (TPSA) is 54.3 Å². The first-order chi connectivity index (χ1) is 13.5. The summed E-state index contributed by atoms with van der Waals surface area (Å²) in [6.07, 6.45) is 4.83. The Balaban J connectivity index is 1.60. The normalized spacial score (nSPS) is 22.1. The summed E-state index contributed by atoms with van der Waals surface area (Å²) in [5.41, 5.74) is 2.10. The van der Waals surface area contributed by atoms with Gasteiger partial charge in [-0.15, -0.1) is 0 Å². The minimum atomic E-state index is -0.135. The van der Waals surface area contributed by atoms with E-state index in [2.05, 4.69) is 32.2 Å². The summed E-state index contributed by atoms with van der Waals surface area (Å²) in [7, 11) is 1.75. The van der Waals surface area contributed by atoms with Crippen molar-refractivity contribution < 1.29 is 4.79 Å². The number of benzene rings is 1. The quantitative estimate of drug-likeness (QED) is 0.772. The Bertz CT molecular complexity index is 922. The molecule has 1 aliphatic heterocycles. The van der Waals surface area contributed by atoms with Crippen LogP contribution in [0.25, 0.3) is 0 Å². The highest BCUT2D eigenvalue weighted by atomic mass is 79.9. The van der Waals surface area contributed by atoms with E-state index in [0.29, 0.717) is 19.1 Å². The van der Waals surface area contributed by atoms with Gasteiger partial charge in [0, 0.05) is 42.9 Å². The Morgan fingerprint density at radius 3 is 2.75 bits per heavy atom. The first kappa shape index (κ1) is 19.4. The first-order valence-electron chi connectivity index (χ1n) is 9.96. The molecule has 1 unspecified atom stereocenters. The number of halogens is 1. The highest BCUT2D eigenvalue weighted by Gasteiger charge is 2.40. The largest absolute Gasteiger partial charge is 0.335 e. The van der Waals surface area contributed by atoms with Gasteiger partial charge in [0.1, 0.15) is 0 Å². The number of hydrogen-bond acceptors (Lipinski definition) is 3. The van der Waals surface area contributed by atoms with Gasteiger partial charge in [-0.25, -0.2) is 0 Å². The SMILES string of the molecule is Cn1ccc(C2CCNC[C@@H]2C(=O)N(Cc2ccccc2Br)C2CC2)cc1=O. The molecule has 2 heterocycles. The third-order valence-corrected chi connectivity index (χ3v) is 6.70. The molecule has 1 saturated carbocycles. The second kappa shape index (κ2) is 8.21. The number of nitrogens with zero attached hydrogens (tertiary/aromatic N) is 2. The lowest BCUT2D eigenvalue weighted by molar-refractivity contribution is -0.138. The standard InChI is InChI=1S/C22H26BrN3O2/c1-25-11-9-15(12-21(25)27)18-8-10-24-13-19(18)22(28)26(17-6-7-17)14-16-4-2-3-5-20(16)23/h2-5,9,11-12,17-19,24H,6-8,10,13-14H2,1H3/t18?,19-/m0/s1. The third-order valence-electron chi connectivity index (χ3n) is 5.93. The Morgan fingerprint density at radius 1 is 1.25 bits per heavy atom. The lowest BCUT2D eigenvalue weighted by atomic mass is 9.80. The Kier molecular flexibility index (Phi) is 5.69. The second-order valence-electron chi connectivity index (χ2n) is 7.90. The molecule has 1 saturated heterocycles. The van der Waals surface area contributed by atoms with Crippen LogP contribution in [0.3, 0.4) is 0 Å². The Hall–Kier alpha value is -1.92. The molecule has 1 aliphatic carbocycles. The predicted molar refractivity (Wildman–Crippen MR) is 113 cm³/mol. The number of hydrogen-bond donors (Lipinski definition) is 1. The van der Waals surface area contributed by atoms with Crippen molar-refractivity contribution in [2.24, 2.45) is 13.0 Å². The van der Waals surface area contributed by atoms with Gasteiger partial charge in [-0.1, -0.05) is 34.1 Å². The zero-order valence-electron chi connectivity index (χ0n) is 16.1. The van der Waals surface area contributed by atoms with Crippen LogP contribution in [0.4, 0.5) is 0 Å². The van der Waals surface area contributed by atoms with Crippen LogP contribution in [0.15, 0.2) is 51.9 Å². The van der Waals surface area contributed by atoms with Crippen LogP contribution in [0.2, 0.25) is 0 Å². The van der Waals surface area contributed by atoms with Crippen LogP contribution < -0.4 is 10.9 Å². The average molecular weight is 444 g/mol. The van der Waals surface area contributed by atoms with Crippen LogP contribution in [0.1, 0.15) is 36.3 Å². The van der Waals surface area contributed by atoms with Crippen LogP contribution >= 0.6 is 15.9 Å². The third kappa shape index (κ3) is 4.08. The number of piperidine rings is 1. The number of aromatic nitrogens is 1. The summed E-state index contributed by atoms with van der Waals surface area (Å²) in [6.45, 7) is 2.17. The van der Waals surface area contributed by atoms with E-state index in [1.54, 1.807) is 23.9 Å². The fourth-order valence-corrected chi connectivity index (χ4v) is 4.52. The predicted octanol–water partition coefficient (Wildman–Crippen LogP) is 3.03. The molecule has 0 bridgehead atoms. The van der Waals surface area contributed by atoms with E-state index in [-0.39, 0.29) is 23.3 Å². The summed E-state index contributed by atoms with van der Waals surface area (Å²) < 4.78 is 2.61. The molecule has 1 N–H and O–H groups in total. The number of amides is 1. The van der Waals surface area contributed by atoms with Gasteiger partial charge in [0.05, 0.1) is 5.92 Å². The molecule has 4 rings (SSSR count). The maximum absolute atomic E-state index is 13.6. The molecular formula is C22H26BrN3O2. The number of rotatable bonds is 5. The molecule has 1 amide bonds. The molecule has 1 aromatic carbocycles. The monoisotopic (exact) mass is 443 g/mol. The molecule has 28 heavy (non-hydrogen) atoms. The highest BCUT2D eigenvalue weighted by Crippen LogP contribution is 2.36. The van der Waals surface area contributed by atoms with Crippen molar-refractivity contribution in [3.63, 3.8) is 0 Å². The first-order valence-corrected chi connectivity index (χ1v) is 10.7. The molecule has 2 aliphatic rings. The number of pyridine rings is 1. The molecule has 2 fully saturated rings. The van der Waals surface area contributed by atoms with Crippen LogP contribution in [0.5, 0.6) is 0 Å². The van der Waals surface area contributed by atoms with E-state index < -0.39 is 0 Å². The van der Waals surface area contributed by atoms with Gasteiger partial charge in [0.2, 0.25) is 5.91 Å². The van der Waals surface area contributed by atoms with E-state index in [0.717, 1.165) is 41.4 Å². The van der Waals surface area contributed by atoms with Crippen LogP contribution in [0, 0.1) is 5.92 Å². The lowest BCUT2D eigenvalue weighted by Gasteiger charge is -2.36. The molecule has 0 spiro atoms. The average Bonchev–Trinajstić information content (AvgIpc) is 3.54. The van der Waals surface area contributed by atoms with Crippen molar-refractivity contribution in [2.45, 2.75) is 37.8 Å². The Labute approximate surface area is 173 Å². The molecule has 2 aromatic rings. The van der Waals surface area contributed by atoms with Crippen molar-refractivity contribution in [3.05, 3.63) is 68.5 Å². The molecule has 1 aromatic heterocycles. The van der Waals surface area contributed by atoms with Crippen molar-refractivity contribution in [1.29, 1.82) is 0 Å². The number of carbonyl (C=O) groups excluding carboxylic acids is 1. The summed E-state index contributed by atoms with van der Waals surface area (Å²) >= 11 is 3.62. The molecule has 6 heteroatoms. The van der Waals surface area contributed by atoms with E-state index in [1.165, 1.54) is 0 Å². The van der Waals surface area contributed by atoms with Gasteiger partial charge in [0.25, 0.3) is 5.56 Å². The summed E-state index contributed by atoms with van der Waals surface area (Å²) in [6, 6.07) is 12.1. The minimum absolute atomic E-state index is 0.0190. The zero-order chi connectivity index (χ0) is 19.7.